The Kier molecular flexibility index (Phi) is 3.17. The maximum atomic E-state index is 14.0. The van der Waals surface area contributed by atoms with Crippen LogP contribution in [0.15, 0.2) is 39.2 Å². The number of hydrogen-bond acceptors (Lipinski definition) is 4. The second-order valence-corrected chi connectivity index (χ2v) is 4.65. The van der Waals surface area contributed by atoms with Crippen LogP contribution in [0.2, 0.25) is 0 Å². The number of anilines is 1. The Morgan fingerprint density at radius 1 is 1.18 bits per heavy atom. The maximum Gasteiger partial charge on any atom is 0.291 e. The predicted molar refractivity (Wildman–Crippen MR) is 76.1 cm³/mol. The lowest BCUT2D eigenvalue weighted by Gasteiger charge is -2.03. The summed E-state index contributed by atoms with van der Waals surface area (Å²) in [5.41, 5.74) is 5.22. The van der Waals surface area contributed by atoms with Gasteiger partial charge in [-0.25, -0.2) is 4.39 Å². The van der Waals surface area contributed by atoms with Crippen molar-refractivity contribution in [3.05, 3.63) is 53.4 Å². The summed E-state index contributed by atoms with van der Waals surface area (Å²) < 4.78 is 24.4. The Balaban J connectivity index is 2.10. The number of fused-ring (bicyclic) bond motifs is 1. The summed E-state index contributed by atoms with van der Waals surface area (Å²) in [6.45, 7) is 1.68. The molecular weight excluding hydrogens is 291 g/mol. The zero-order chi connectivity index (χ0) is 15.9. The zero-order valence-corrected chi connectivity index (χ0v) is 11.5. The van der Waals surface area contributed by atoms with Crippen LogP contribution in [-0.2, 0) is 0 Å². The first-order chi connectivity index (χ1) is 10.5. The minimum atomic E-state index is -0.915. The van der Waals surface area contributed by atoms with E-state index in [2.05, 4.69) is 5.32 Å². The number of halogens is 1. The molecule has 3 rings (SSSR count). The van der Waals surface area contributed by atoms with Crippen molar-refractivity contribution in [2.45, 2.75) is 6.92 Å². The molecule has 7 heteroatoms. The maximum absolute atomic E-state index is 14.0. The van der Waals surface area contributed by atoms with Crippen molar-refractivity contribution < 1.29 is 22.8 Å². The number of nitrogens with one attached hydrogen (secondary N) is 1. The van der Waals surface area contributed by atoms with Crippen molar-refractivity contribution in [3.63, 3.8) is 0 Å². The van der Waals surface area contributed by atoms with Crippen molar-refractivity contribution in [1.29, 1.82) is 0 Å². The summed E-state index contributed by atoms with van der Waals surface area (Å²) in [7, 11) is 0. The summed E-state index contributed by atoms with van der Waals surface area (Å²) in [6.07, 6.45) is 0. The average Bonchev–Trinajstić information content (AvgIpc) is 3.04. The van der Waals surface area contributed by atoms with Crippen LogP contribution in [0.25, 0.3) is 11.0 Å². The van der Waals surface area contributed by atoms with E-state index in [1.165, 1.54) is 24.3 Å². The Morgan fingerprint density at radius 2 is 1.95 bits per heavy atom. The van der Waals surface area contributed by atoms with Crippen LogP contribution in [0.4, 0.5) is 10.1 Å². The molecule has 2 amide bonds. The molecule has 0 aliphatic heterocycles. The largest absolute Gasteiger partial charge is 0.456 e. The van der Waals surface area contributed by atoms with Crippen LogP contribution in [0.5, 0.6) is 0 Å². The van der Waals surface area contributed by atoms with E-state index in [1.54, 1.807) is 13.0 Å². The van der Waals surface area contributed by atoms with Gasteiger partial charge in [0, 0.05) is 0 Å². The second kappa shape index (κ2) is 5.03. The molecule has 0 saturated heterocycles. The fraction of sp³-hybridized carbons (Fsp3) is 0.0667. The lowest BCUT2D eigenvalue weighted by Crippen LogP contribution is -2.16. The first kappa shape index (κ1) is 13.9. The number of aryl methyl sites for hydroxylation is 1. The third kappa shape index (κ3) is 2.22. The van der Waals surface area contributed by atoms with E-state index < -0.39 is 17.6 Å². The van der Waals surface area contributed by atoms with Gasteiger partial charge in [-0.1, -0.05) is 6.07 Å². The number of amides is 2. The highest BCUT2D eigenvalue weighted by Gasteiger charge is 2.24. The number of carbonyl (C=O) groups is 2. The molecule has 0 atom stereocenters. The van der Waals surface area contributed by atoms with Crippen LogP contribution in [0, 0.1) is 12.7 Å². The van der Waals surface area contributed by atoms with Crippen molar-refractivity contribution in [2.75, 3.05) is 5.32 Å². The van der Waals surface area contributed by atoms with Gasteiger partial charge in [-0.15, -0.1) is 0 Å². The molecule has 0 saturated carbocycles. The van der Waals surface area contributed by atoms with E-state index in [9.17, 15) is 14.0 Å². The van der Waals surface area contributed by atoms with E-state index in [4.69, 9.17) is 14.6 Å². The van der Waals surface area contributed by atoms with Crippen LogP contribution in [0.1, 0.15) is 26.9 Å². The molecule has 3 N–H and O–H groups in total. The lowest BCUT2D eigenvalue weighted by molar-refractivity contribution is 0.0977. The van der Waals surface area contributed by atoms with E-state index in [0.717, 1.165) is 0 Å². The first-order valence-corrected chi connectivity index (χ1v) is 6.36. The Bertz CT molecular complexity index is 894. The molecule has 2 aromatic heterocycles. The normalized spacial score (nSPS) is 10.8. The molecule has 1 aromatic carbocycles. The molecule has 3 aromatic rings. The number of nitrogens with two attached hydrogens (primary N) is 1. The number of hydrogen-bond donors (Lipinski definition) is 2. The van der Waals surface area contributed by atoms with Gasteiger partial charge in [-0.05, 0) is 31.2 Å². The third-order valence-corrected chi connectivity index (χ3v) is 3.09. The summed E-state index contributed by atoms with van der Waals surface area (Å²) in [5, 5.41) is 2.40. The van der Waals surface area contributed by atoms with Crippen LogP contribution < -0.4 is 11.1 Å². The quantitative estimate of drug-likeness (QED) is 0.777. The Morgan fingerprint density at radius 3 is 2.59 bits per heavy atom. The fourth-order valence-electron chi connectivity index (χ4n) is 2.13. The highest BCUT2D eigenvalue weighted by atomic mass is 19.1. The van der Waals surface area contributed by atoms with Gasteiger partial charge in [0.25, 0.3) is 11.8 Å². The number of rotatable bonds is 3. The van der Waals surface area contributed by atoms with Gasteiger partial charge in [-0.3, -0.25) is 9.59 Å². The molecule has 0 fully saturated rings. The predicted octanol–water partition coefficient (Wildman–Crippen LogP) is 2.82. The highest BCUT2D eigenvalue weighted by molar-refractivity contribution is 6.13. The van der Waals surface area contributed by atoms with Crippen LogP contribution >= 0.6 is 0 Å². The highest BCUT2D eigenvalue weighted by Crippen LogP contribution is 2.33. The number of primary amides is 1. The van der Waals surface area contributed by atoms with Gasteiger partial charge >= 0.3 is 0 Å². The lowest BCUT2D eigenvalue weighted by atomic mass is 10.2. The molecule has 0 unspecified atom stereocenters. The standard InChI is InChI=1S/C15H11FN2O4/c1-7-5-6-10(21-7)15(20)18-12-11-8(16)3-2-4-9(11)22-13(12)14(17)19/h2-6H,1H3,(H2,17,19)(H,18,20). The Hall–Kier alpha value is -3.09. The summed E-state index contributed by atoms with van der Waals surface area (Å²) >= 11 is 0. The van der Waals surface area contributed by atoms with E-state index in [1.807, 2.05) is 0 Å². The summed E-state index contributed by atoms with van der Waals surface area (Å²) in [4.78, 5) is 23.6. The minimum absolute atomic E-state index is 0.0204. The first-order valence-electron chi connectivity index (χ1n) is 6.36. The number of furan rings is 2. The zero-order valence-electron chi connectivity index (χ0n) is 11.5. The molecule has 0 aliphatic rings. The molecule has 22 heavy (non-hydrogen) atoms. The topological polar surface area (TPSA) is 98.5 Å². The minimum Gasteiger partial charge on any atom is -0.456 e. The number of carbonyl (C=O) groups excluding carboxylic acids is 2. The van der Waals surface area contributed by atoms with E-state index in [0.29, 0.717) is 5.76 Å². The molecule has 112 valence electrons. The van der Waals surface area contributed by atoms with Gasteiger partial charge in [0.05, 0.1) is 5.39 Å². The van der Waals surface area contributed by atoms with E-state index >= 15 is 0 Å². The van der Waals surface area contributed by atoms with Crippen LogP contribution in [-0.4, -0.2) is 11.8 Å². The fourth-order valence-corrected chi connectivity index (χ4v) is 2.13. The molecule has 6 nitrogen and oxygen atoms in total. The van der Waals surface area contributed by atoms with Gasteiger partial charge in [0.2, 0.25) is 5.76 Å². The van der Waals surface area contributed by atoms with Crippen molar-refractivity contribution in [3.8, 4) is 0 Å². The van der Waals surface area contributed by atoms with Crippen molar-refractivity contribution in [1.82, 2.24) is 0 Å². The molecule has 0 bridgehead atoms. The monoisotopic (exact) mass is 302 g/mol. The van der Waals surface area contributed by atoms with E-state index in [-0.39, 0.29) is 28.2 Å². The smallest absolute Gasteiger partial charge is 0.291 e. The van der Waals surface area contributed by atoms with Crippen molar-refractivity contribution >= 4 is 28.5 Å². The van der Waals surface area contributed by atoms with Crippen LogP contribution in [0.3, 0.4) is 0 Å². The molecular formula is C15H11FN2O4. The Labute approximate surface area is 123 Å². The molecule has 0 aliphatic carbocycles. The number of benzene rings is 1. The third-order valence-electron chi connectivity index (χ3n) is 3.09. The van der Waals surface area contributed by atoms with Gasteiger partial charge in [0.1, 0.15) is 22.8 Å². The summed E-state index contributed by atoms with van der Waals surface area (Å²) in [6, 6.07) is 7.16. The van der Waals surface area contributed by atoms with Gasteiger partial charge < -0.3 is 19.9 Å². The molecule has 0 spiro atoms. The van der Waals surface area contributed by atoms with Crippen molar-refractivity contribution in [2.24, 2.45) is 5.73 Å². The SMILES string of the molecule is Cc1ccc(C(=O)Nc2c(C(N)=O)oc3cccc(F)c23)o1. The van der Waals surface area contributed by atoms with Gasteiger partial charge in [0.15, 0.2) is 5.76 Å². The van der Waals surface area contributed by atoms with Gasteiger partial charge in [-0.2, -0.15) is 0 Å². The summed E-state index contributed by atoms with van der Waals surface area (Å²) in [5.74, 6) is -1.94. The molecule has 0 radical (unpaired) electrons. The molecule has 2 heterocycles. The second-order valence-electron chi connectivity index (χ2n) is 4.65. The average molecular weight is 302 g/mol.